The summed E-state index contributed by atoms with van der Waals surface area (Å²) in [6, 6.07) is 21.8. The Hall–Kier alpha value is -3.70. The zero-order valence-corrected chi connectivity index (χ0v) is 17.8. The van der Waals surface area contributed by atoms with Crippen molar-refractivity contribution in [3.8, 4) is 17.0 Å². The number of hydrogen-bond acceptors (Lipinski definition) is 4. The van der Waals surface area contributed by atoms with Crippen LogP contribution in [0.25, 0.3) is 22.2 Å². The Kier molecular flexibility index (Phi) is 5.69. The Bertz CT molecular complexity index is 1310. The average molecular weight is 430 g/mol. The van der Waals surface area contributed by atoms with E-state index < -0.39 is 0 Å². The van der Waals surface area contributed by atoms with Crippen LogP contribution in [0, 0.1) is 6.92 Å². The van der Waals surface area contributed by atoms with Gasteiger partial charge in [-0.1, -0.05) is 53.6 Å². The summed E-state index contributed by atoms with van der Waals surface area (Å²) in [6.07, 6.45) is 0. The van der Waals surface area contributed by atoms with E-state index in [-0.39, 0.29) is 11.7 Å². The van der Waals surface area contributed by atoms with Crippen LogP contribution in [-0.4, -0.2) is 21.7 Å². The van der Waals surface area contributed by atoms with E-state index in [1.165, 1.54) is 0 Å². The minimum atomic E-state index is -0.361. The lowest BCUT2D eigenvalue weighted by molar-refractivity contribution is 0.0956. The first-order valence-electron chi connectivity index (χ1n) is 9.73. The molecule has 0 atom stereocenters. The van der Waals surface area contributed by atoms with Crippen LogP contribution in [0.2, 0.25) is 5.02 Å². The number of aromatic nitrogens is 1. The average Bonchev–Trinajstić information content (AvgIpc) is 2.78. The fourth-order valence-corrected chi connectivity index (χ4v) is 3.45. The number of halogens is 1. The first-order chi connectivity index (χ1) is 14.9. The summed E-state index contributed by atoms with van der Waals surface area (Å²) in [7, 11) is 0. The smallest absolute Gasteiger partial charge is 0.272 e. The minimum Gasteiger partial charge on any atom is -0.507 e. The number of carbonyl (C=O) groups excluding carboxylic acids is 1. The fraction of sp³-hybridized carbons (Fsp3) is 0.0800. The molecule has 2 N–H and O–H groups in total. The molecule has 0 aliphatic heterocycles. The topological polar surface area (TPSA) is 74.6 Å². The van der Waals surface area contributed by atoms with Crippen LogP contribution in [-0.2, 0) is 0 Å². The van der Waals surface area contributed by atoms with Crippen molar-refractivity contribution in [3.05, 3.63) is 94.5 Å². The maximum Gasteiger partial charge on any atom is 0.272 e. The van der Waals surface area contributed by atoms with E-state index in [1.807, 2.05) is 55.5 Å². The zero-order chi connectivity index (χ0) is 22.0. The SMILES string of the molecule is CC(=NNC(=O)c1cc(-c2ccc(Cl)cc2)nc2ccccc12)c1cc(C)ccc1O. The minimum absolute atomic E-state index is 0.112. The van der Waals surface area contributed by atoms with Gasteiger partial charge in [-0.05, 0) is 50.2 Å². The van der Waals surface area contributed by atoms with E-state index >= 15 is 0 Å². The molecule has 5 nitrogen and oxygen atoms in total. The van der Waals surface area contributed by atoms with Gasteiger partial charge in [-0.2, -0.15) is 5.10 Å². The van der Waals surface area contributed by atoms with Crippen LogP contribution in [0.5, 0.6) is 5.75 Å². The summed E-state index contributed by atoms with van der Waals surface area (Å²) in [6.45, 7) is 3.66. The van der Waals surface area contributed by atoms with Crippen LogP contribution in [0.3, 0.4) is 0 Å². The highest BCUT2D eigenvalue weighted by Gasteiger charge is 2.14. The van der Waals surface area contributed by atoms with Gasteiger partial charge < -0.3 is 5.11 Å². The lowest BCUT2D eigenvalue weighted by Gasteiger charge is -2.10. The summed E-state index contributed by atoms with van der Waals surface area (Å²) < 4.78 is 0. The van der Waals surface area contributed by atoms with Gasteiger partial charge in [-0.25, -0.2) is 10.4 Å². The molecule has 1 aromatic heterocycles. The molecule has 0 spiro atoms. The second-order valence-electron chi connectivity index (χ2n) is 7.24. The number of fused-ring (bicyclic) bond motifs is 1. The Morgan fingerprint density at radius 3 is 2.52 bits per heavy atom. The van der Waals surface area contributed by atoms with Crippen LogP contribution in [0.4, 0.5) is 0 Å². The molecule has 0 bridgehead atoms. The van der Waals surface area contributed by atoms with Crippen molar-refractivity contribution in [2.45, 2.75) is 13.8 Å². The van der Waals surface area contributed by atoms with E-state index in [4.69, 9.17) is 16.6 Å². The number of rotatable bonds is 4. The van der Waals surface area contributed by atoms with Gasteiger partial charge in [0, 0.05) is 21.5 Å². The first kappa shape index (κ1) is 20.6. The third-order valence-corrected chi connectivity index (χ3v) is 5.22. The maximum atomic E-state index is 13.1. The molecule has 4 aromatic rings. The monoisotopic (exact) mass is 429 g/mol. The number of nitrogens with zero attached hydrogens (tertiary/aromatic N) is 2. The highest BCUT2D eigenvalue weighted by atomic mass is 35.5. The number of aromatic hydroxyl groups is 1. The summed E-state index contributed by atoms with van der Waals surface area (Å²) >= 11 is 6.00. The van der Waals surface area contributed by atoms with Gasteiger partial charge in [0.05, 0.1) is 22.5 Å². The molecule has 1 heterocycles. The van der Waals surface area contributed by atoms with Gasteiger partial charge in [0.15, 0.2) is 0 Å². The van der Waals surface area contributed by atoms with E-state index in [2.05, 4.69) is 10.5 Å². The number of para-hydroxylation sites is 1. The number of phenolic OH excluding ortho intramolecular Hbond substituents is 1. The number of carbonyl (C=O) groups is 1. The summed E-state index contributed by atoms with van der Waals surface area (Å²) in [4.78, 5) is 17.7. The van der Waals surface area contributed by atoms with Gasteiger partial charge >= 0.3 is 0 Å². The molecule has 154 valence electrons. The zero-order valence-electron chi connectivity index (χ0n) is 17.1. The van der Waals surface area contributed by atoms with Crippen molar-refractivity contribution >= 4 is 34.1 Å². The maximum absolute atomic E-state index is 13.1. The van der Waals surface area contributed by atoms with E-state index in [1.54, 1.807) is 31.2 Å². The number of aryl methyl sites for hydroxylation is 1. The molecule has 31 heavy (non-hydrogen) atoms. The molecular weight excluding hydrogens is 410 g/mol. The Balaban J connectivity index is 1.71. The molecule has 1 amide bonds. The molecule has 3 aromatic carbocycles. The summed E-state index contributed by atoms with van der Waals surface area (Å²) in [5.74, 6) is -0.249. The van der Waals surface area contributed by atoms with Gasteiger partial charge in [0.1, 0.15) is 5.75 Å². The summed E-state index contributed by atoms with van der Waals surface area (Å²) in [5, 5.41) is 15.7. The molecule has 0 radical (unpaired) electrons. The lowest BCUT2D eigenvalue weighted by atomic mass is 10.0. The van der Waals surface area contributed by atoms with Crippen molar-refractivity contribution in [3.63, 3.8) is 0 Å². The molecule has 4 rings (SSSR count). The van der Waals surface area contributed by atoms with Gasteiger partial charge in [-0.15, -0.1) is 0 Å². The van der Waals surface area contributed by atoms with Crippen molar-refractivity contribution in [1.82, 2.24) is 10.4 Å². The molecule has 0 aliphatic rings. The number of benzene rings is 3. The fourth-order valence-electron chi connectivity index (χ4n) is 3.33. The molecular formula is C25H20ClN3O2. The third kappa shape index (κ3) is 4.42. The number of phenols is 1. The summed E-state index contributed by atoms with van der Waals surface area (Å²) in [5.41, 5.74) is 7.36. The van der Waals surface area contributed by atoms with Gasteiger partial charge in [0.25, 0.3) is 5.91 Å². The highest BCUT2D eigenvalue weighted by Crippen LogP contribution is 2.26. The van der Waals surface area contributed by atoms with Crippen LogP contribution < -0.4 is 5.43 Å². The Morgan fingerprint density at radius 1 is 1.00 bits per heavy atom. The quantitative estimate of drug-likeness (QED) is 0.321. The second-order valence-corrected chi connectivity index (χ2v) is 7.67. The highest BCUT2D eigenvalue weighted by molar-refractivity contribution is 6.30. The molecule has 0 saturated heterocycles. The number of hydrazone groups is 1. The van der Waals surface area contributed by atoms with Crippen molar-refractivity contribution in [1.29, 1.82) is 0 Å². The van der Waals surface area contributed by atoms with Crippen LogP contribution in [0.1, 0.15) is 28.4 Å². The Morgan fingerprint density at radius 2 is 1.74 bits per heavy atom. The van der Waals surface area contributed by atoms with Crippen LogP contribution >= 0.6 is 11.6 Å². The number of nitrogens with one attached hydrogen (secondary N) is 1. The largest absolute Gasteiger partial charge is 0.507 e. The normalized spacial score (nSPS) is 11.5. The van der Waals surface area contributed by atoms with Crippen molar-refractivity contribution in [2.24, 2.45) is 5.10 Å². The standard InChI is InChI=1S/C25H20ClN3O2/c1-15-7-12-24(30)20(13-15)16(2)28-29-25(31)21-14-23(17-8-10-18(26)11-9-17)27-22-6-4-3-5-19(21)22/h3-14,30H,1-2H3,(H,29,31). The number of amides is 1. The first-order valence-corrected chi connectivity index (χ1v) is 10.1. The predicted octanol–water partition coefficient (Wildman–Crippen LogP) is 5.72. The second kappa shape index (κ2) is 8.58. The third-order valence-electron chi connectivity index (χ3n) is 4.97. The molecule has 0 fully saturated rings. The molecule has 0 aliphatic carbocycles. The number of hydrogen-bond donors (Lipinski definition) is 2. The van der Waals surface area contributed by atoms with E-state index in [0.717, 1.165) is 16.5 Å². The van der Waals surface area contributed by atoms with Crippen molar-refractivity contribution in [2.75, 3.05) is 0 Å². The lowest BCUT2D eigenvalue weighted by Crippen LogP contribution is -2.20. The molecule has 6 heteroatoms. The van der Waals surface area contributed by atoms with E-state index in [9.17, 15) is 9.90 Å². The van der Waals surface area contributed by atoms with E-state index in [0.29, 0.717) is 33.1 Å². The Labute approximate surface area is 185 Å². The van der Waals surface area contributed by atoms with Gasteiger partial charge in [-0.3, -0.25) is 4.79 Å². The predicted molar refractivity (Wildman–Crippen MR) is 125 cm³/mol. The van der Waals surface area contributed by atoms with Crippen LogP contribution in [0.15, 0.2) is 77.9 Å². The number of pyridine rings is 1. The van der Waals surface area contributed by atoms with Gasteiger partial charge in [0.2, 0.25) is 0 Å². The molecule has 0 unspecified atom stereocenters. The molecule has 0 saturated carbocycles. The van der Waals surface area contributed by atoms with Crippen molar-refractivity contribution < 1.29 is 9.90 Å².